The first kappa shape index (κ1) is 20.6. The molecular weight excluding hydrogens is 416 g/mol. The average molecular weight is 436 g/mol. The third-order valence-electron chi connectivity index (χ3n) is 4.92. The average Bonchev–Trinajstić information content (AvgIpc) is 2.82. The number of ether oxygens (including phenoxy) is 3. The van der Waals surface area contributed by atoms with Gasteiger partial charge in [-0.25, -0.2) is 13.4 Å². The third kappa shape index (κ3) is 3.89. The summed E-state index contributed by atoms with van der Waals surface area (Å²) in [4.78, 5) is 9.69. The molecule has 0 saturated carbocycles. The van der Waals surface area contributed by atoms with Gasteiger partial charge in [0.05, 0.1) is 49.1 Å². The van der Waals surface area contributed by atoms with Crippen LogP contribution in [0.5, 0.6) is 17.2 Å². The lowest BCUT2D eigenvalue weighted by Crippen LogP contribution is -1.97. The van der Waals surface area contributed by atoms with E-state index in [0.29, 0.717) is 28.5 Å². The van der Waals surface area contributed by atoms with Crippen LogP contribution in [0.25, 0.3) is 33.4 Å². The van der Waals surface area contributed by atoms with Crippen molar-refractivity contribution in [3.8, 4) is 39.6 Å². The maximum Gasteiger partial charge on any atom is 0.203 e. The van der Waals surface area contributed by atoms with Gasteiger partial charge in [-0.1, -0.05) is 24.3 Å². The zero-order valence-corrected chi connectivity index (χ0v) is 18.1. The van der Waals surface area contributed by atoms with Crippen LogP contribution in [0.4, 0.5) is 0 Å². The van der Waals surface area contributed by atoms with Gasteiger partial charge in [0.2, 0.25) is 5.75 Å². The number of rotatable bonds is 6. The molecule has 0 fully saturated rings. The molecule has 8 heteroatoms. The standard InChI is InChI=1S/C23H20N2O5S/c1-28-20-11-15(12-21(29-2)23(20)30-3)19-13-24-18-6-4-5-17(22(18)25-19)14-7-9-16(10-8-14)31(26)27/h4-13,31H,1-3H3. The number of aromatic nitrogens is 2. The van der Waals surface area contributed by atoms with Crippen LogP contribution in [0.3, 0.4) is 0 Å². The van der Waals surface area contributed by atoms with Gasteiger partial charge in [-0.2, -0.15) is 0 Å². The zero-order valence-electron chi connectivity index (χ0n) is 17.2. The summed E-state index contributed by atoms with van der Waals surface area (Å²) < 4.78 is 38.7. The van der Waals surface area contributed by atoms with Crippen molar-refractivity contribution in [2.24, 2.45) is 0 Å². The molecule has 7 nitrogen and oxygen atoms in total. The molecule has 0 bridgehead atoms. The summed E-state index contributed by atoms with van der Waals surface area (Å²) in [5.41, 5.74) is 4.53. The Hall–Kier alpha value is -3.65. The second-order valence-electron chi connectivity index (χ2n) is 6.65. The fourth-order valence-corrected chi connectivity index (χ4v) is 3.79. The molecule has 0 unspecified atom stereocenters. The van der Waals surface area contributed by atoms with E-state index in [4.69, 9.17) is 19.2 Å². The monoisotopic (exact) mass is 436 g/mol. The van der Waals surface area contributed by atoms with E-state index in [1.165, 1.54) is 0 Å². The Balaban J connectivity index is 1.88. The predicted molar refractivity (Wildman–Crippen MR) is 119 cm³/mol. The molecule has 0 N–H and O–H groups in total. The largest absolute Gasteiger partial charge is 0.493 e. The van der Waals surface area contributed by atoms with E-state index in [1.807, 2.05) is 30.3 Å². The SMILES string of the molecule is COc1cc(-c2cnc3cccc(-c4ccc([SH](=O)=O)cc4)c3n2)cc(OC)c1OC. The van der Waals surface area contributed by atoms with Crippen LogP contribution in [0.15, 0.2) is 65.7 Å². The van der Waals surface area contributed by atoms with Crippen LogP contribution in [-0.2, 0) is 10.7 Å². The Morgan fingerprint density at radius 2 is 1.48 bits per heavy atom. The summed E-state index contributed by atoms with van der Waals surface area (Å²) in [6.45, 7) is 0. The summed E-state index contributed by atoms with van der Waals surface area (Å²) in [5, 5.41) is 0. The smallest absolute Gasteiger partial charge is 0.203 e. The molecular formula is C23H20N2O5S. The molecule has 4 aromatic rings. The Bertz CT molecular complexity index is 1300. The second kappa shape index (κ2) is 8.61. The van der Waals surface area contributed by atoms with Gasteiger partial charge >= 0.3 is 0 Å². The number of methoxy groups -OCH3 is 3. The fraction of sp³-hybridized carbons (Fsp3) is 0.130. The molecule has 1 aromatic heterocycles. The molecule has 31 heavy (non-hydrogen) atoms. The molecule has 1 heterocycles. The fourth-order valence-electron chi connectivity index (χ4n) is 3.40. The predicted octanol–water partition coefficient (Wildman–Crippen LogP) is 3.96. The Labute approximate surface area is 181 Å². The first-order chi connectivity index (χ1) is 15.0. The minimum absolute atomic E-state index is 0.267. The number of nitrogens with zero attached hydrogens (tertiary/aromatic N) is 2. The van der Waals surface area contributed by atoms with Crippen molar-refractivity contribution in [3.63, 3.8) is 0 Å². The third-order valence-corrected chi connectivity index (χ3v) is 5.64. The minimum atomic E-state index is -2.62. The zero-order chi connectivity index (χ0) is 22.0. The molecule has 0 saturated heterocycles. The van der Waals surface area contributed by atoms with Crippen molar-refractivity contribution in [3.05, 3.63) is 60.8 Å². The summed E-state index contributed by atoms with van der Waals surface area (Å²) in [7, 11) is 2.05. The molecule has 3 aromatic carbocycles. The van der Waals surface area contributed by atoms with Crippen molar-refractivity contribution in [2.45, 2.75) is 4.90 Å². The lowest BCUT2D eigenvalue weighted by molar-refractivity contribution is 0.324. The van der Waals surface area contributed by atoms with Gasteiger partial charge in [0, 0.05) is 11.1 Å². The Morgan fingerprint density at radius 1 is 0.806 bits per heavy atom. The number of fused-ring (bicyclic) bond motifs is 1. The molecule has 158 valence electrons. The number of thiol groups is 1. The van der Waals surface area contributed by atoms with E-state index < -0.39 is 10.7 Å². The highest BCUT2D eigenvalue weighted by Crippen LogP contribution is 2.41. The number of benzene rings is 3. The van der Waals surface area contributed by atoms with Gasteiger partial charge in [-0.05, 0) is 35.9 Å². The number of hydrogen-bond donors (Lipinski definition) is 1. The maximum atomic E-state index is 11.2. The van der Waals surface area contributed by atoms with Crippen LogP contribution in [-0.4, -0.2) is 39.7 Å². The lowest BCUT2D eigenvalue weighted by Gasteiger charge is -2.14. The summed E-state index contributed by atoms with van der Waals surface area (Å²) in [5.74, 6) is 1.55. The molecule has 0 aliphatic heterocycles. The highest BCUT2D eigenvalue weighted by Gasteiger charge is 2.16. The maximum absolute atomic E-state index is 11.2. The van der Waals surface area contributed by atoms with Gasteiger partial charge < -0.3 is 14.2 Å². The van der Waals surface area contributed by atoms with Crippen molar-refractivity contribution in [1.82, 2.24) is 9.97 Å². The van der Waals surface area contributed by atoms with Gasteiger partial charge in [-0.3, -0.25) is 4.98 Å². The topological polar surface area (TPSA) is 87.6 Å². The Morgan fingerprint density at radius 3 is 2.06 bits per heavy atom. The summed E-state index contributed by atoms with van der Waals surface area (Å²) >= 11 is 0. The van der Waals surface area contributed by atoms with Gasteiger partial charge in [0.15, 0.2) is 22.2 Å². The number of para-hydroxylation sites is 1. The van der Waals surface area contributed by atoms with E-state index >= 15 is 0 Å². The molecule has 4 rings (SSSR count). The first-order valence-electron chi connectivity index (χ1n) is 9.36. The van der Waals surface area contributed by atoms with E-state index in [0.717, 1.165) is 22.2 Å². The van der Waals surface area contributed by atoms with Crippen LogP contribution in [0.2, 0.25) is 0 Å². The summed E-state index contributed by atoms with van der Waals surface area (Å²) in [6.07, 6.45) is 1.69. The first-order valence-corrected chi connectivity index (χ1v) is 10.5. The van der Waals surface area contributed by atoms with Crippen LogP contribution >= 0.6 is 0 Å². The lowest BCUT2D eigenvalue weighted by atomic mass is 10.0. The van der Waals surface area contributed by atoms with Gasteiger partial charge in [0.1, 0.15) is 0 Å². The van der Waals surface area contributed by atoms with Crippen molar-refractivity contribution >= 4 is 21.7 Å². The highest BCUT2D eigenvalue weighted by molar-refractivity contribution is 7.72. The normalized spacial score (nSPS) is 11.0. The Kier molecular flexibility index (Phi) is 5.73. The molecule has 0 spiro atoms. The molecule has 0 radical (unpaired) electrons. The van der Waals surface area contributed by atoms with E-state index in [-0.39, 0.29) is 4.90 Å². The van der Waals surface area contributed by atoms with E-state index in [1.54, 1.807) is 51.8 Å². The molecule has 0 atom stereocenters. The van der Waals surface area contributed by atoms with Gasteiger partial charge in [0.25, 0.3) is 0 Å². The molecule has 0 aliphatic rings. The van der Waals surface area contributed by atoms with Crippen LogP contribution < -0.4 is 14.2 Å². The van der Waals surface area contributed by atoms with Gasteiger partial charge in [-0.15, -0.1) is 0 Å². The van der Waals surface area contributed by atoms with Crippen LogP contribution in [0, 0.1) is 0 Å². The van der Waals surface area contributed by atoms with E-state index in [9.17, 15) is 8.42 Å². The minimum Gasteiger partial charge on any atom is -0.493 e. The van der Waals surface area contributed by atoms with Crippen molar-refractivity contribution in [2.75, 3.05) is 21.3 Å². The molecule has 0 aliphatic carbocycles. The van der Waals surface area contributed by atoms with Crippen LogP contribution in [0.1, 0.15) is 0 Å². The van der Waals surface area contributed by atoms with Crippen molar-refractivity contribution < 1.29 is 22.6 Å². The highest BCUT2D eigenvalue weighted by atomic mass is 32.2. The number of hydrogen-bond acceptors (Lipinski definition) is 7. The second-order valence-corrected chi connectivity index (χ2v) is 7.68. The quantitative estimate of drug-likeness (QED) is 0.458. The van der Waals surface area contributed by atoms with Crippen molar-refractivity contribution in [1.29, 1.82) is 0 Å². The molecule has 0 amide bonds. The summed E-state index contributed by atoms with van der Waals surface area (Å²) in [6, 6.07) is 16.0. The van der Waals surface area contributed by atoms with E-state index in [2.05, 4.69) is 4.98 Å².